The molecule has 106 valence electrons. The lowest BCUT2D eigenvalue weighted by Gasteiger charge is -2.17. The van der Waals surface area contributed by atoms with Crippen molar-refractivity contribution in [1.82, 2.24) is 4.90 Å². The summed E-state index contributed by atoms with van der Waals surface area (Å²) in [7, 11) is 0. The maximum atomic E-state index is 11.9. The molecule has 1 aromatic carbocycles. The van der Waals surface area contributed by atoms with Gasteiger partial charge in [-0.05, 0) is 38.5 Å². The van der Waals surface area contributed by atoms with E-state index >= 15 is 0 Å². The van der Waals surface area contributed by atoms with Crippen LogP contribution in [0.25, 0.3) is 11.0 Å². The summed E-state index contributed by atoms with van der Waals surface area (Å²) in [4.78, 5) is 24.8. The molecule has 0 saturated carbocycles. The maximum absolute atomic E-state index is 11.9. The fraction of sp³-hybridized carbons (Fsp3) is 0.333. The number of hydrogen-bond acceptors (Lipinski definition) is 4. The van der Waals surface area contributed by atoms with E-state index in [1.165, 1.54) is 6.07 Å². The molecule has 0 aliphatic heterocycles. The third-order valence-corrected chi connectivity index (χ3v) is 3.15. The van der Waals surface area contributed by atoms with Gasteiger partial charge in [0.2, 0.25) is 0 Å². The fourth-order valence-electron chi connectivity index (χ4n) is 2.02. The lowest BCUT2D eigenvalue weighted by Crippen LogP contribution is -2.33. The van der Waals surface area contributed by atoms with Crippen LogP contribution < -0.4 is 10.4 Å². The Bertz CT molecular complexity index is 686. The average Bonchev–Trinajstić information content (AvgIpc) is 2.39. The Morgan fingerprint density at radius 1 is 1.25 bits per heavy atom. The van der Waals surface area contributed by atoms with Gasteiger partial charge in [0.1, 0.15) is 11.3 Å². The number of ether oxygens (including phenoxy) is 1. The van der Waals surface area contributed by atoms with Gasteiger partial charge in [0.25, 0.3) is 0 Å². The highest BCUT2D eigenvalue weighted by Crippen LogP contribution is 2.22. The third kappa shape index (κ3) is 2.82. The van der Waals surface area contributed by atoms with Gasteiger partial charge in [-0.2, -0.15) is 0 Å². The second-order valence-corrected chi connectivity index (χ2v) is 4.45. The molecule has 20 heavy (non-hydrogen) atoms. The van der Waals surface area contributed by atoms with Gasteiger partial charge in [0, 0.05) is 30.6 Å². The molecular weight excluding hydrogens is 258 g/mol. The van der Waals surface area contributed by atoms with Crippen molar-refractivity contribution in [2.45, 2.75) is 20.8 Å². The number of nitrogens with zero attached hydrogens (tertiary/aromatic N) is 1. The first-order chi connectivity index (χ1) is 9.55. The zero-order valence-corrected chi connectivity index (χ0v) is 11.8. The van der Waals surface area contributed by atoms with Crippen LogP contribution in [0.4, 0.5) is 4.79 Å². The smallest absolute Gasteiger partial charge is 0.415 e. The van der Waals surface area contributed by atoms with Crippen molar-refractivity contribution in [3.63, 3.8) is 0 Å². The van der Waals surface area contributed by atoms with Crippen molar-refractivity contribution in [3.05, 3.63) is 40.2 Å². The highest BCUT2D eigenvalue weighted by Gasteiger charge is 2.13. The first kappa shape index (κ1) is 14.1. The molecule has 0 aliphatic carbocycles. The van der Waals surface area contributed by atoms with Gasteiger partial charge < -0.3 is 14.1 Å². The number of benzene rings is 1. The SMILES string of the molecule is CCN(CC)C(=O)Oc1ccc2c(C)cc(=O)oc2c1. The molecule has 0 saturated heterocycles. The zero-order chi connectivity index (χ0) is 14.7. The van der Waals surface area contributed by atoms with E-state index in [0.717, 1.165) is 10.9 Å². The highest BCUT2D eigenvalue weighted by molar-refractivity contribution is 5.82. The number of hydrogen-bond donors (Lipinski definition) is 0. The first-order valence-corrected chi connectivity index (χ1v) is 6.56. The Labute approximate surface area is 116 Å². The second-order valence-electron chi connectivity index (χ2n) is 4.45. The fourth-order valence-corrected chi connectivity index (χ4v) is 2.02. The molecule has 1 amide bonds. The van der Waals surface area contributed by atoms with Crippen molar-refractivity contribution in [1.29, 1.82) is 0 Å². The molecule has 1 heterocycles. The summed E-state index contributed by atoms with van der Waals surface area (Å²) in [5.41, 5.74) is 0.833. The van der Waals surface area contributed by atoms with Crippen molar-refractivity contribution < 1.29 is 13.9 Å². The molecule has 2 rings (SSSR count). The zero-order valence-electron chi connectivity index (χ0n) is 11.8. The topological polar surface area (TPSA) is 59.8 Å². The van der Waals surface area contributed by atoms with E-state index < -0.39 is 11.7 Å². The van der Waals surface area contributed by atoms with Crippen LogP contribution in [-0.4, -0.2) is 24.1 Å². The number of aryl methyl sites for hydroxylation is 1. The molecule has 5 nitrogen and oxygen atoms in total. The number of carbonyl (C=O) groups is 1. The van der Waals surface area contributed by atoms with Gasteiger partial charge in [0.05, 0.1) is 0 Å². The van der Waals surface area contributed by atoms with Crippen LogP contribution >= 0.6 is 0 Å². The van der Waals surface area contributed by atoms with E-state index in [4.69, 9.17) is 9.15 Å². The molecule has 2 aromatic rings. The van der Waals surface area contributed by atoms with E-state index in [2.05, 4.69) is 0 Å². The van der Waals surface area contributed by atoms with Crippen LogP contribution in [0.2, 0.25) is 0 Å². The lowest BCUT2D eigenvalue weighted by atomic mass is 10.1. The van der Waals surface area contributed by atoms with Crippen LogP contribution in [0.1, 0.15) is 19.4 Å². The molecule has 0 unspecified atom stereocenters. The summed E-state index contributed by atoms with van der Waals surface area (Å²) in [5.74, 6) is 0.364. The molecule has 0 N–H and O–H groups in total. The van der Waals surface area contributed by atoms with Gasteiger partial charge in [-0.25, -0.2) is 9.59 Å². The van der Waals surface area contributed by atoms with Crippen molar-refractivity contribution in [2.24, 2.45) is 0 Å². The highest BCUT2D eigenvalue weighted by atomic mass is 16.6. The summed E-state index contributed by atoms with van der Waals surface area (Å²) in [6.45, 7) is 6.76. The van der Waals surface area contributed by atoms with Crippen LogP contribution in [0, 0.1) is 6.92 Å². The summed E-state index contributed by atoms with van der Waals surface area (Å²) in [6, 6.07) is 6.46. The van der Waals surface area contributed by atoms with Crippen LogP contribution in [-0.2, 0) is 0 Å². The van der Waals surface area contributed by atoms with Gasteiger partial charge in [-0.3, -0.25) is 0 Å². The Balaban J connectivity index is 2.33. The standard InChI is InChI=1S/C15H17NO4/c1-4-16(5-2)15(18)19-11-6-7-12-10(3)8-14(17)20-13(12)9-11/h6-9H,4-5H2,1-3H3. The molecule has 0 bridgehead atoms. The molecule has 0 aliphatic rings. The molecule has 0 atom stereocenters. The third-order valence-electron chi connectivity index (χ3n) is 3.15. The maximum Gasteiger partial charge on any atom is 0.415 e. The first-order valence-electron chi connectivity index (χ1n) is 6.56. The van der Waals surface area contributed by atoms with Crippen LogP contribution in [0.15, 0.2) is 33.5 Å². The number of fused-ring (bicyclic) bond motifs is 1. The number of carbonyl (C=O) groups excluding carboxylic acids is 1. The normalized spacial score (nSPS) is 10.6. The second kappa shape index (κ2) is 5.77. The predicted octanol–water partition coefficient (Wildman–Crippen LogP) is 2.94. The summed E-state index contributed by atoms with van der Waals surface area (Å²) < 4.78 is 10.4. The molecule has 0 spiro atoms. The quantitative estimate of drug-likeness (QED) is 0.808. The van der Waals surface area contributed by atoms with E-state index in [1.54, 1.807) is 23.1 Å². The number of amides is 1. The van der Waals surface area contributed by atoms with Gasteiger partial charge in [0.15, 0.2) is 0 Å². The monoisotopic (exact) mass is 275 g/mol. The average molecular weight is 275 g/mol. The Hall–Kier alpha value is -2.30. The van der Waals surface area contributed by atoms with E-state index in [9.17, 15) is 9.59 Å². The van der Waals surface area contributed by atoms with Gasteiger partial charge >= 0.3 is 11.7 Å². The Morgan fingerprint density at radius 2 is 1.95 bits per heavy atom. The Morgan fingerprint density at radius 3 is 2.60 bits per heavy atom. The molecule has 0 fully saturated rings. The minimum atomic E-state index is -0.415. The van der Waals surface area contributed by atoms with E-state index in [1.807, 2.05) is 20.8 Å². The molecule has 0 radical (unpaired) electrons. The number of rotatable bonds is 3. The predicted molar refractivity (Wildman–Crippen MR) is 76.2 cm³/mol. The molecular formula is C15H17NO4. The lowest BCUT2D eigenvalue weighted by molar-refractivity contribution is 0.157. The van der Waals surface area contributed by atoms with Gasteiger partial charge in [-0.15, -0.1) is 0 Å². The van der Waals surface area contributed by atoms with Crippen LogP contribution in [0.5, 0.6) is 5.75 Å². The van der Waals surface area contributed by atoms with Crippen LogP contribution in [0.3, 0.4) is 0 Å². The summed E-state index contributed by atoms with van der Waals surface area (Å²) in [5, 5.41) is 0.826. The van der Waals surface area contributed by atoms with Crippen molar-refractivity contribution >= 4 is 17.1 Å². The van der Waals surface area contributed by atoms with Crippen molar-refractivity contribution in [2.75, 3.05) is 13.1 Å². The van der Waals surface area contributed by atoms with Gasteiger partial charge in [-0.1, -0.05) is 0 Å². The molecule has 1 aromatic heterocycles. The molecule has 5 heteroatoms. The van der Waals surface area contributed by atoms with E-state index in [-0.39, 0.29) is 0 Å². The van der Waals surface area contributed by atoms with E-state index in [0.29, 0.717) is 24.4 Å². The Kier molecular flexibility index (Phi) is 4.08. The summed E-state index contributed by atoms with van der Waals surface area (Å²) >= 11 is 0. The minimum absolute atomic E-state index is 0.364. The summed E-state index contributed by atoms with van der Waals surface area (Å²) in [6.07, 6.45) is -0.413. The minimum Gasteiger partial charge on any atom is -0.423 e. The van der Waals surface area contributed by atoms with Crippen molar-refractivity contribution in [3.8, 4) is 5.75 Å². The largest absolute Gasteiger partial charge is 0.423 e.